The molecule has 0 spiro atoms. The second kappa shape index (κ2) is 8.34. The number of hydrogen-bond acceptors (Lipinski definition) is 5. The zero-order valence-corrected chi connectivity index (χ0v) is 16.9. The predicted octanol–water partition coefficient (Wildman–Crippen LogP) is 4.87. The number of nitrogens with one attached hydrogen (secondary N) is 1. The number of aromatic nitrogens is 1. The predicted molar refractivity (Wildman–Crippen MR) is 117 cm³/mol. The van der Waals surface area contributed by atoms with E-state index >= 15 is 0 Å². The minimum Gasteiger partial charge on any atom is -0.488 e. The molecule has 0 saturated carbocycles. The summed E-state index contributed by atoms with van der Waals surface area (Å²) in [6.07, 6.45) is 0. The molecule has 6 nitrogen and oxygen atoms in total. The van der Waals surface area contributed by atoms with E-state index in [1.54, 1.807) is 35.6 Å². The number of benzene rings is 3. The zero-order chi connectivity index (χ0) is 21.1. The van der Waals surface area contributed by atoms with Crippen molar-refractivity contribution in [2.45, 2.75) is 13.5 Å². The van der Waals surface area contributed by atoms with Crippen LogP contribution < -0.4 is 10.1 Å². The number of aliphatic carboxylic acids is 1. The SMILES string of the molecule is Cc1nc(-c2ccc3ccccc3c2)sc1COc1ccc(NC(=O)C(=O)O)cc1. The molecular weight excluding hydrogens is 400 g/mol. The van der Waals surface area contributed by atoms with Gasteiger partial charge < -0.3 is 15.2 Å². The number of nitrogens with zero attached hydrogens (tertiary/aromatic N) is 1. The molecule has 1 heterocycles. The van der Waals surface area contributed by atoms with Gasteiger partial charge in [-0.05, 0) is 48.0 Å². The van der Waals surface area contributed by atoms with Crippen molar-refractivity contribution < 1.29 is 19.4 Å². The van der Waals surface area contributed by atoms with E-state index < -0.39 is 11.9 Å². The Morgan fingerprint density at radius 3 is 2.50 bits per heavy atom. The van der Waals surface area contributed by atoms with Crippen molar-refractivity contribution in [3.63, 3.8) is 0 Å². The van der Waals surface area contributed by atoms with E-state index in [2.05, 4.69) is 35.6 Å². The Hall–Kier alpha value is -3.71. The maximum absolute atomic E-state index is 11.2. The van der Waals surface area contributed by atoms with Crippen molar-refractivity contribution in [1.82, 2.24) is 4.98 Å². The van der Waals surface area contributed by atoms with Crippen LogP contribution in [0, 0.1) is 6.92 Å². The number of anilines is 1. The molecule has 0 saturated heterocycles. The molecule has 0 aliphatic carbocycles. The van der Waals surface area contributed by atoms with Gasteiger partial charge in [0, 0.05) is 11.3 Å². The summed E-state index contributed by atoms with van der Waals surface area (Å²) in [4.78, 5) is 27.5. The molecular formula is C23H18N2O4S. The summed E-state index contributed by atoms with van der Waals surface area (Å²) in [6.45, 7) is 2.34. The molecule has 4 aromatic rings. The molecule has 0 aliphatic rings. The molecule has 4 rings (SSSR count). The van der Waals surface area contributed by atoms with Crippen LogP contribution in [0.1, 0.15) is 10.6 Å². The Morgan fingerprint density at radius 1 is 1.03 bits per heavy atom. The summed E-state index contributed by atoms with van der Waals surface area (Å²) in [5.41, 5.74) is 2.39. The lowest BCUT2D eigenvalue weighted by Crippen LogP contribution is -2.21. The van der Waals surface area contributed by atoms with Gasteiger partial charge in [0.1, 0.15) is 17.4 Å². The van der Waals surface area contributed by atoms with E-state index in [1.807, 2.05) is 19.1 Å². The zero-order valence-electron chi connectivity index (χ0n) is 16.1. The summed E-state index contributed by atoms with van der Waals surface area (Å²) in [7, 11) is 0. The molecule has 0 bridgehead atoms. The molecule has 3 aromatic carbocycles. The van der Waals surface area contributed by atoms with E-state index in [4.69, 9.17) is 14.8 Å². The number of carboxylic acids is 1. The van der Waals surface area contributed by atoms with Crippen LogP contribution in [0.5, 0.6) is 5.75 Å². The van der Waals surface area contributed by atoms with Crippen LogP contribution in [0.15, 0.2) is 66.7 Å². The monoisotopic (exact) mass is 418 g/mol. The molecule has 0 aliphatic heterocycles. The standard InChI is InChI=1S/C23H18N2O4S/c1-14-20(13-29-19-10-8-18(9-11-19)25-21(26)23(27)28)30-22(24-14)17-7-6-15-4-2-3-5-16(15)12-17/h2-12H,13H2,1H3,(H,25,26)(H,27,28). The van der Waals surface area contributed by atoms with Gasteiger partial charge in [0.05, 0.1) is 10.6 Å². The minimum absolute atomic E-state index is 0.373. The van der Waals surface area contributed by atoms with E-state index in [9.17, 15) is 9.59 Å². The summed E-state index contributed by atoms with van der Waals surface area (Å²) in [6, 6.07) is 21.1. The number of hydrogen-bond donors (Lipinski definition) is 2. The fourth-order valence-electron chi connectivity index (χ4n) is 2.98. The molecule has 0 fully saturated rings. The highest BCUT2D eigenvalue weighted by Crippen LogP contribution is 2.31. The summed E-state index contributed by atoms with van der Waals surface area (Å²) in [5.74, 6) is -1.99. The van der Waals surface area contributed by atoms with Crippen molar-refractivity contribution >= 4 is 39.7 Å². The van der Waals surface area contributed by atoms with E-state index in [0.29, 0.717) is 18.0 Å². The maximum Gasteiger partial charge on any atom is 0.394 e. The lowest BCUT2D eigenvalue weighted by molar-refractivity contribution is -0.147. The Kier molecular flexibility index (Phi) is 5.45. The van der Waals surface area contributed by atoms with Crippen molar-refractivity contribution in [3.05, 3.63) is 77.3 Å². The van der Waals surface area contributed by atoms with Crippen LogP contribution in [-0.2, 0) is 16.2 Å². The van der Waals surface area contributed by atoms with Crippen molar-refractivity contribution in [3.8, 4) is 16.3 Å². The number of aryl methyl sites for hydroxylation is 1. The molecule has 0 unspecified atom stereocenters. The van der Waals surface area contributed by atoms with E-state index in [-0.39, 0.29) is 0 Å². The maximum atomic E-state index is 11.2. The quantitative estimate of drug-likeness (QED) is 0.451. The van der Waals surface area contributed by atoms with Crippen LogP contribution in [0.25, 0.3) is 21.3 Å². The van der Waals surface area contributed by atoms with Crippen LogP contribution in [0.2, 0.25) is 0 Å². The third kappa shape index (κ3) is 4.31. The van der Waals surface area contributed by atoms with Crippen molar-refractivity contribution in [2.75, 3.05) is 5.32 Å². The lowest BCUT2D eigenvalue weighted by Gasteiger charge is -2.07. The van der Waals surface area contributed by atoms with Crippen LogP contribution >= 0.6 is 11.3 Å². The Morgan fingerprint density at radius 2 is 1.77 bits per heavy atom. The first kappa shape index (κ1) is 19.6. The lowest BCUT2D eigenvalue weighted by atomic mass is 10.1. The second-order valence-electron chi connectivity index (χ2n) is 6.66. The van der Waals surface area contributed by atoms with E-state index in [1.165, 1.54) is 10.8 Å². The average molecular weight is 418 g/mol. The Bertz CT molecular complexity index is 1230. The number of fused-ring (bicyclic) bond motifs is 1. The normalized spacial score (nSPS) is 10.7. The molecule has 0 radical (unpaired) electrons. The molecule has 7 heteroatoms. The Balaban J connectivity index is 1.45. The Labute approximate surface area is 176 Å². The highest BCUT2D eigenvalue weighted by atomic mass is 32.1. The average Bonchev–Trinajstić information content (AvgIpc) is 3.13. The van der Waals surface area contributed by atoms with Gasteiger partial charge in [0.25, 0.3) is 0 Å². The van der Waals surface area contributed by atoms with Gasteiger partial charge in [-0.3, -0.25) is 4.79 Å². The van der Waals surface area contributed by atoms with Gasteiger partial charge in [0.15, 0.2) is 0 Å². The number of carbonyl (C=O) groups excluding carboxylic acids is 1. The summed E-state index contributed by atoms with van der Waals surface area (Å²) in [5, 5.41) is 14.2. The van der Waals surface area contributed by atoms with Gasteiger partial charge in [-0.25, -0.2) is 9.78 Å². The molecule has 0 atom stereocenters. The summed E-state index contributed by atoms with van der Waals surface area (Å²) >= 11 is 1.60. The highest BCUT2D eigenvalue weighted by molar-refractivity contribution is 7.15. The fourth-order valence-corrected chi connectivity index (χ4v) is 3.95. The highest BCUT2D eigenvalue weighted by Gasteiger charge is 2.12. The third-order valence-corrected chi connectivity index (χ3v) is 5.75. The largest absolute Gasteiger partial charge is 0.488 e. The van der Waals surface area contributed by atoms with Crippen molar-refractivity contribution in [2.24, 2.45) is 0 Å². The number of amides is 1. The molecule has 1 aromatic heterocycles. The van der Waals surface area contributed by atoms with Crippen LogP contribution in [0.4, 0.5) is 5.69 Å². The first-order chi connectivity index (χ1) is 14.5. The smallest absolute Gasteiger partial charge is 0.394 e. The van der Waals surface area contributed by atoms with E-state index in [0.717, 1.165) is 21.1 Å². The minimum atomic E-state index is -1.53. The molecule has 1 amide bonds. The number of carboxylic acid groups (broad SMARTS) is 1. The number of carbonyl (C=O) groups is 2. The molecule has 30 heavy (non-hydrogen) atoms. The van der Waals surface area contributed by atoms with Crippen molar-refractivity contribution in [1.29, 1.82) is 0 Å². The van der Waals surface area contributed by atoms with Crippen LogP contribution in [-0.4, -0.2) is 22.0 Å². The summed E-state index contributed by atoms with van der Waals surface area (Å²) < 4.78 is 5.84. The number of rotatable bonds is 5. The third-order valence-electron chi connectivity index (χ3n) is 4.57. The fraction of sp³-hybridized carbons (Fsp3) is 0.0870. The first-order valence-corrected chi connectivity index (χ1v) is 10.0. The molecule has 150 valence electrons. The number of thiazole rings is 1. The topological polar surface area (TPSA) is 88.5 Å². The van der Waals surface area contributed by atoms with Gasteiger partial charge >= 0.3 is 11.9 Å². The van der Waals surface area contributed by atoms with Gasteiger partial charge in [0.2, 0.25) is 0 Å². The van der Waals surface area contributed by atoms with Gasteiger partial charge in [-0.15, -0.1) is 11.3 Å². The number of ether oxygens (including phenoxy) is 1. The second-order valence-corrected chi connectivity index (χ2v) is 7.75. The van der Waals surface area contributed by atoms with Gasteiger partial charge in [-0.2, -0.15) is 0 Å². The first-order valence-electron chi connectivity index (χ1n) is 9.22. The van der Waals surface area contributed by atoms with Crippen LogP contribution in [0.3, 0.4) is 0 Å². The van der Waals surface area contributed by atoms with Gasteiger partial charge in [-0.1, -0.05) is 36.4 Å². The molecule has 2 N–H and O–H groups in total.